The molecule has 0 aliphatic heterocycles. The predicted octanol–water partition coefficient (Wildman–Crippen LogP) is 2.67. The fraction of sp³-hybridized carbons (Fsp3) is 0.562. The SMILES string of the molecule is COc1ccc(CNC(=O)NC(C)(CO)C2CC2)c(C(F)(F)F)c1. The van der Waals surface area contributed by atoms with Gasteiger partial charge in [-0.15, -0.1) is 0 Å². The number of rotatable bonds is 6. The molecule has 0 spiro atoms. The van der Waals surface area contributed by atoms with Crippen LogP contribution in [0.1, 0.15) is 30.9 Å². The second-order valence-corrected chi connectivity index (χ2v) is 6.18. The standard InChI is InChI=1S/C16H21F3N2O3/c1-15(9-22,11-4-5-11)21-14(23)20-8-10-3-6-12(24-2)7-13(10)16(17,18)19/h3,6-7,11,22H,4-5,8-9H2,1-2H3,(H2,20,21,23). The predicted molar refractivity (Wildman–Crippen MR) is 81.6 cm³/mol. The number of ether oxygens (including phenoxy) is 1. The summed E-state index contributed by atoms with van der Waals surface area (Å²) in [4.78, 5) is 12.0. The van der Waals surface area contributed by atoms with Gasteiger partial charge < -0.3 is 20.5 Å². The van der Waals surface area contributed by atoms with Crippen LogP contribution in [0.3, 0.4) is 0 Å². The zero-order valence-electron chi connectivity index (χ0n) is 13.5. The van der Waals surface area contributed by atoms with E-state index >= 15 is 0 Å². The molecule has 1 aromatic rings. The van der Waals surface area contributed by atoms with Crippen molar-refractivity contribution in [3.63, 3.8) is 0 Å². The van der Waals surface area contributed by atoms with Gasteiger partial charge in [-0.1, -0.05) is 6.07 Å². The highest BCUT2D eigenvalue weighted by Crippen LogP contribution is 2.39. The van der Waals surface area contributed by atoms with Crippen LogP contribution in [0.4, 0.5) is 18.0 Å². The maximum Gasteiger partial charge on any atom is 0.416 e. The van der Waals surface area contributed by atoms with E-state index in [1.165, 1.54) is 19.2 Å². The quantitative estimate of drug-likeness (QED) is 0.742. The van der Waals surface area contributed by atoms with Gasteiger partial charge in [-0.25, -0.2) is 4.79 Å². The Labute approximate surface area is 138 Å². The molecule has 1 unspecified atom stereocenters. The lowest BCUT2D eigenvalue weighted by atomic mass is 9.97. The molecule has 0 bridgehead atoms. The van der Waals surface area contributed by atoms with Gasteiger partial charge in [0.05, 0.1) is 24.8 Å². The largest absolute Gasteiger partial charge is 0.497 e. The number of carbonyl (C=O) groups excluding carboxylic acids is 1. The van der Waals surface area contributed by atoms with Gasteiger partial charge in [0.1, 0.15) is 5.75 Å². The van der Waals surface area contributed by atoms with E-state index in [1.54, 1.807) is 6.92 Å². The molecule has 0 radical (unpaired) electrons. The molecule has 0 heterocycles. The molecule has 24 heavy (non-hydrogen) atoms. The van der Waals surface area contributed by atoms with Crippen LogP contribution in [0.15, 0.2) is 18.2 Å². The van der Waals surface area contributed by atoms with E-state index < -0.39 is 23.3 Å². The lowest BCUT2D eigenvalue weighted by molar-refractivity contribution is -0.138. The Morgan fingerprint density at radius 2 is 2.04 bits per heavy atom. The molecule has 2 amide bonds. The van der Waals surface area contributed by atoms with Crippen LogP contribution in [0.25, 0.3) is 0 Å². The highest BCUT2D eigenvalue weighted by atomic mass is 19.4. The number of nitrogens with one attached hydrogen (secondary N) is 2. The Morgan fingerprint density at radius 1 is 1.38 bits per heavy atom. The molecule has 1 aliphatic carbocycles. The lowest BCUT2D eigenvalue weighted by Crippen LogP contribution is -2.54. The summed E-state index contributed by atoms with van der Waals surface area (Å²) in [6.45, 7) is 1.22. The normalized spacial score (nSPS) is 17.1. The van der Waals surface area contributed by atoms with Gasteiger partial charge in [0, 0.05) is 6.54 Å². The summed E-state index contributed by atoms with van der Waals surface area (Å²) in [7, 11) is 1.29. The number of urea groups is 1. The number of amides is 2. The second kappa shape index (κ2) is 6.88. The zero-order chi connectivity index (χ0) is 18.0. The average Bonchev–Trinajstić information content (AvgIpc) is 3.37. The first kappa shape index (κ1) is 18.4. The highest BCUT2D eigenvalue weighted by Gasteiger charge is 2.42. The van der Waals surface area contributed by atoms with Gasteiger partial charge in [0.25, 0.3) is 0 Å². The van der Waals surface area contributed by atoms with Crippen molar-refractivity contribution in [2.24, 2.45) is 5.92 Å². The van der Waals surface area contributed by atoms with Crippen LogP contribution in [0.5, 0.6) is 5.75 Å². The summed E-state index contributed by atoms with van der Waals surface area (Å²) >= 11 is 0. The number of benzene rings is 1. The number of aliphatic hydroxyl groups excluding tert-OH is 1. The van der Waals surface area contributed by atoms with Crippen LogP contribution in [-0.4, -0.2) is 30.4 Å². The monoisotopic (exact) mass is 346 g/mol. The summed E-state index contributed by atoms with van der Waals surface area (Å²) < 4.78 is 44.2. The molecule has 1 aromatic carbocycles. The zero-order valence-corrected chi connectivity index (χ0v) is 13.5. The lowest BCUT2D eigenvalue weighted by Gasteiger charge is -2.28. The summed E-state index contributed by atoms with van der Waals surface area (Å²) in [5.74, 6) is 0.289. The van der Waals surface area contributed by atoms with Gasteiger partial charge in [0.2, 0.25) is 0 Å². The van der Waals surface area contributed by atoms with Crippen molar-refractivity contribution >= 4 is 6.03 Å². The molecule has 2 rings (SSSR count). The topological polar surface area (TPSA) is 70.6 Å². The van der Waals surface area contributed by atoms with Crippen molar-refractivity contribution in [2.75, 3.05) is 13.7 Å². The van der Waals surface area contributed by atoms with Gasteiger partial charge >= 0.3 is 12.2 Å². The van der Waals surface area contributed by atoms with E-state index in [0.717, 1.165) is 18.9 Å². The third-order valence-electron chi connectivity index (χ3n) is 4.27. The van der Waals surface area contributed by atoms with Crippen molar-refractivity contribution < 1.29 is 27.8 Å². The van der Waals surface area contributed by atoms with E-state index in [4.69, 9.17) is 4.74 Å². The molecule has 0 aromatic heterocycles. The molecule has 0 saturated heterocycles. The van der Waals surface area contributed by atoms with E-state index in [0.29, 0.717) is 0 Å². The van der Waals surface area contributed by atoms with Crippen LogP contribution >= 0.6 is 0 Å². The number of halogens is 3. The Kier molecular flexibility index (Phi) is 5.27. The van der Waals surface area contributed by atoms with Crippen molar-refractivity contribution in [1.82, 2.24) is 10.6 Å². The fourth-order valence-corrected chi connectivity index (χ4v) is 2.57. The summed E-state index contributed by atoms with van der Waals surface area (Å²) in [6, 6.07) is 2.97. The van der Waals surface area contributed by atoms with Crippen molar-refractivity contribution in [3.05, 3.63) is 29.3 Å². The van der Waals surface area contributed by atoms with Gasteiger partial charge in [-0.3, -0.25) is 0 Å². The Morgan fingerprint density at radius 3 is 2.54 bits per heavy atom. The molecule has 1 aliphatic rings. The molecule has 134 valence electrons. The van der Waals surface area contributed by atoms with E-state index in [9.17, 15) is 23.1 Å². The minimum Gasteiger partial charge on any atom is -0.497 e. The van der Waals surface area contributed by atoms with Crippen LogP contribution in [0, 0.1) is 5.92 Å². The highest BCUT2D eigenvalue weighted by molar-refractivity contribution is 5.75. The molecular formula is C16H21F3N2O3. The van der Waals surface area contributed by atoms with Gasteiger partial charge in [-0.05, 0) is 43.4 Å². The first-order chi connectivity index (χ1) is 11.2. The molecule has 1 atom stereocenters. The molecule has 8 heteroatoms. The van der Waals surface area contributed by atoms with Crippen LogP contribution in [0.2, 0.25) is 0 Å². The number of carbonyl (C=O) groups is 1. The number of hydrogen-bond acceptors (Lipinski definition) is 3. The average molecular weight is 346 g/mol. The van der Waals surface area contributed by atoms with E-state index in [-0.39, 0.29) is 30.4 Å². The number of methoxy groups -OCH3 is 1. The Balaban J connectivity index is 2.04. The van der Waals surface area contributed by atoms with Crippen molar-refractivity contribution in [3.8, 4) is 5.75 Å². The van der Waals surface area contributed by atoms with Crippen LogP contribution < -0.4 is 15.4 Å². The minimum atomic E-state index is -4.55. The summed E-state index contributed by atoms with van der Waals surface area (Å²) in [5.41, 5.74) is -1.67. The van der Waals surface area contributed by atoms with Crippen LogP contribution in [-0.2, 0) is 12.7 Å². The van der Waals surface area contributed by atoms with E-state index in [2.05, 4.69) is 10.6 Å². The smallest absolute Gasteiger partial charge is 0.416 e. The van der Waals surface area contributed by atoms with Gasteiger partial charge in [-0.2, -0.15) is 13.2 Å². The molecule has 1 saturated carbocycles. The van der Waals surface area contributed by atoms with Crippen molar-refractivity contribution in [1.29, 1.82) is 0 Å². The number of alkyl halides is 3. The molecule has 5 nitrogen and oxygen atoms in total. The first-order valence-corrected chi connectivity index (χ1v) is 7.60. The van der Waals surface area contributed by atoms with E-state index in [1.807, 2.05) is 0 Å². The maximum absolute atomic E-state index is 13.1. The Hall–Kier alpha value is -1.96. The maximum atomic E-state index is 13.1. The molecule has 1 fully saturated rings. The number of hydrogen-bond donors (Lipinski definition) is 3. The summed E-state index contributed by atoms with van der Waals surface area (Å²) in [5, 5.41) is 14.5. The molecular weight excluding hydrogens is 325 g/mol. The van der Waals surface area contributed by atoms with Crippen molar-refractivity contribution in [2.45, 2.75) is 38.0 Å². The minimum absolute atomic E-state index is 0.0597. The Bertz CT molecular complexity index is 603. The number of aliphatic hydroxyl groups is 1. The van der Waals surface area contributed by atoms with Gasteiger partial charge in [0.15, 0.2) is 0 Å². The third-order valence-corrected chi connectivity index (χ3v) is 4.27. The fourth-order valence-electron chi connectivity index (χ4n) is 2.57. The second-order valence-electron chi connectivity index (χ2n) is 6.18. The summed E-state index contributed by atoms with van der Waals surface area (Å²) in [6.07, 6.45) is -2.72. The first-order valence-electron chi connectivity index (χ1n) is 7.60. The third kappa shape index (κ3) is 4.31. The molecule has 3 N–H and O–H groups in total.